The maximum Gasteiger partial charge on any atom is 0.124 e. The van der Waals surface area contributed by atoms with Crippen LogP contribution in [0.1, 0.15) is 11.1 Å². The highest BCUT2D eigenvalue weighted by Crippen LogP contribution is 2.31. The van der Waals surface area contributed by atoms with Crippen LogP contribution in [0.4, 0.5) is 4.39 Å². The van der Waals surface area contributed by atoms with Gasteiger partial charge in [0, 0.05) is 15.4 Å². The monoisotopic (exact) mass is 260 g/mol. The van der Waals surface area contributed by atoms with Crippen molar-refractivity contribution in [3.8, 4) is 0 Å². The highest BCUT2D eigenvalue weighted by molar-refractivity contribution is 7.99. The summed E-state index contributed by atoms with van der Waals surface area (Å²) >= 11 is 1.41. The minimum Gasteiger partial charge on any atom is -0.384 e. The highest BCUT2D eigenvalue weighted by atomic mass is 32.2. The molecule has 0 spiro atoms. The molecular weight excluding hydrogens is 247 g/mol. The Bertz CT molecular complexity index is 596. The molecule has 0 amide bonds. The molecule has 0 heterocycles. The van der Waals surface area contributed by atoms with Crippen molar-refractivity contribution in [3.63, 3.8) is 0 Å². The fourth-order valence-corrected chi connectivity index (χ4v) is 2.70. The van der Waals surface area contributed by atoms with E-state index >= 15 is 0 Å². The van der Waals surface area contributed by atoms with Gasteiger partial charge < -0.3 is 5.73 Å². The number of hydrogen-bond donors (Lipinski definition) is 2. The van der Waals surface area contributed by atoms with E-state index in [0.29, 0.717) is 5.56 Å². The summed E-state index contributed by atoms with van der Waals surface area (Å²) in [5.74, 6) is -0.245. The van der Waals surface area contributed by atoms with Crippen molar-refractivity contribution >= 4 is 17.6 Å². The number of nitrogens with two attached hydrogens (primary N) is 1. The second-order valence-corrected chi connectivity index (χ2v) is 5.09. The van der Waals surface area contributed by atoms with Crippen molar-refractivity contribution in [1.29, 1.82) is 5.41 Å². The maximum atomic E-state index is 13.1. The van der Waals surface area contributed by atoms with E-state index in [-0.39, 0.29) is 11.7 Å². The lowest BCUT2D eigenvalue weighted by Gasteiger charge is -2.09. The van der Waals surface area contributed by atoms with Crippen molar-refractivity contribution in [2.45, 2.75) is 16.7 Å². The van der Waals surface area contributed by atoms with Crippen molar-refractivity contribution in [2.75, 3.05) is 0 Å². The Morgan fingerprint density at radius 2 is 2.00 bits per heavy atom. The molecule has 0 unspecified atom stereocenters. The molecular formula is C14H13FN2S. The predicted octanol–water partition coefficient (Wildman–Crippen LogP) is 3.57. The van der Waals surface area contributed by atoms with Crippen LogP contribution < -0.4 is 5.73 Å². The Morgan fingerprint density at radius 1 is 1.22 bits per heavy atom. The van der Waals surface area contributed by atoms with E-state index in [1.165, 1.54) is 23.9 Å². The molecule has 2 rings (SSSR count). The van der Waals surface area contributed by atoms with Crippen LogP contribution in [0.2, 0.25) is 0 Å². The van der Waals surface area contributed by atoms with Gasteiger partial charge in [-0.1, -0.05) is 23.9 Å². The summed E-state index contributed by atoms with van der Waals surface area (Å²) in [6.45, 7) is 1.97. The molecule has 0 aliphatic heterocycles. The number of nitrogen functional groups attached to an aromatic ring is 1. The first-order chi connectivity index (χ1) is 8.56. The lowest BCUT2D eigenvalue weighted by atomic mass is 10.1. The van der Waals surface area contributed by atoms with Crippen LogP contribution in [0.25, 0.3) is 0 Å². The molecule has 4 heteroatoms. The summed E-state index contributed by atoms with van der Waals surface area (Å²) in [6.07, 6.45) is 0. The minimum atomic E-state index is -0.267. The Balaban J connectivity index is 2.39. The number of benzene rings is 2. The first-order valence-electron chi connectivity index (χ1n) is 5.45. The van der Waals surface area contributed by atoms with E-state index in [2.05, 4.69) is 0 Å². The number of aryl methyl sites for hydroxylation is 1. The number of halogens is 1. The quantitative estimate of drug-likeness (QED) is 0.654. The molecule has 0 saturated carbocycles. The molecule has 0 aromatic heterocycles. The highest BCUT2D eigenvalue weighted by Gasteiger charge is 2.07. The van der Waals surface area contributed by atoms with Gasteiger partial charge in [0.05, 0.1) is 0 Å². The SMILES string of the molecule is Cc1ccc(C(=N)N)c(Sc2cccc(F)c2)c1. The third-order valence-electron chi connectivity index (χ3n) is 2.45. The standard InChI is InChI=1S/C14H13FN2S/c1-9-5-6-12(14(16)17)13(7-9)18-11-4-2-3-10(15)8-11/h2-8H,1H3,(H3,16,17). The van der Waals surface area contributed by atoms with Gasteiger partial charge in [-0.15, -0.1) is 0 Å². The van der Waals surface area contributed by atoms with Gasteiger partial charge in [0.1, 0.15) is 11.7 Å². The summed E-state index contributed by atoms with van der Waals surface area (Å²) in [5, 5.41) is 7.55. The lowest BCUT2D eigenvalue weighted by Crippen LogP contribution is -2.12. The van der Waals surface area contributed by atoms with Crippen molar-refractivity contribution in [1.82, 2.24) is 0 Å². The van der Waals surface area contributed by atoms with Gasteiger partial charge in [-0.25, -0.2) is 4.39 Å². The normalized spacial score (nSPS) is 10.3. The Morgan fingerprint density at radius 3 is 2.67 bits per heavy atom. The molecule has 0 saturated heterocycles. The minimum absolute atomic E-state index is 0.0221. The largest absolute Gasteiger partial charge is 0.384 e. The van der Waals surface area contributed by atoms with Gasteiger partial charge in [0.2, 0.25) is 0 Å². The van der Waals surface area contributed by atoms with Crippen LogP contribution in [0, 0.1) is 18.2 Å². The summed E-state index contributed by atoms with van der Waals surface area (Å²) in [5.41, 5.74) is 7.30. The predicted molar refractivity (Wildman–Crippen MR) is 72.7 cm³/mol. The lowest BCUT2D eigenvalue weighted by molar-refractivity contribution is 0.624. The molecule has 0 aliphatic rings. The van der Waals surface area contributed by atoms with Crippen LogP contribution in [0.3, 0.4) is 0 Å². The van der Waals surface area contributed by atoms with Crippen molar-refractivity contribution in [2.24, 2.45) is 5.73 Å². The fraction of sp³-hybridized carbons (Fsp3) is 0.0714. The molecule has 18 heavy (non-hydrogen) atoms. The molecule has 0 fully saturated rings. The molecule has 2 nitrogen and oxygen atoms in total. The van der Waals surface area contributed by atoms with E-state index in [4.69, 9.17) is 11.1 Å². The van der Waals surface area contributed by atoms with Crippen molar-refractivity contribution in [3.05, 3.63) is 59.4 Å². The second-order valence-electron chi connectivity index (χ2n) is 3.97. The van der Waals surface area contributed by atoms with E-state index in [1.807, 2.05) is 31.2 Å². The van der Waals surface area contributed by atoms with Crippen LogP contribution in [-0.2, 0) is 0 Å². The number of rotatable bonds is 3. The third kappa shape index (κ3) is 2.90. The average molecular weight is 260 g/mol. The molecule has 2 aromatic carbocycles. The Kier molecular flexibility index (Phi) is 3.67. The smallest absolute Gasteiger partial charge is 0.124 e. The zero-order valence-corrected chi connectivity index (χ0v) is 10.7. The number of nitrogens with one attached hydrogen (secondary N) is 1. The van der Waals surface area contributed by atoms with Gasteiger partial charge in [0.15, 0.2) is 0 Å². The van der Waals surface area contributed by atoms with Gasteiger partial charge in [0.25, 0.3) is 0 Å². The molecule has 0 bridgehead atoms. The van der Waals surface area contributed by atoms with E-state index in [9.17, 15) is 4.39 Å². The Labute approximate surface area is 110 Å². The summed E-state index contributed by atoms with van der Waals surface area (Å²) in [4.78, 5) is 1.66. The number of amidine groups is 1. The van der Waals surface area contributed by atoms with E-state index in [1.54, 1.807) is 6.07 Å². The zero-order valence-electron chi connectivity index (χ0n) is 9.91. The summed E-state index contributed by atoms with van der Waals surface area (Å²) < 4.78 is 13.1. The second kappa shape index (κ2) is 5.23. The van der Waals surface area contributed by atoms with Crippen LogP contribution in [-0.4, -0.2) is 5.84 Å². The van der Waals surface area contributed by atoms with Gasteiger partial charge in [-0.2, -0.15) is 0 Å². The first-order valence-corrected chi connectivity index (χ1v) is 6.26. The van der Waals surface area contributed by atoms with Gasteiger partial charge in [-0.05, 0) is 42.8 Å². The van der Waals surface area contributed by atoms with Crippen LogP contribution in [0.5, 0.6) is 0 Å². The molecule has 3 N–H and O–H groups in total. The zero-order chi connectivity index (χ0) is 13.1. The maximum absolute atomic E-state index is 13.1. The summed E-state index contributed by atoms with van der Waals surface area (Å²) in [6, 6.07) is 12.1. The van der Waals surface area contributed by atoms with Crippen molar-refractivity contribution < 1.29 is 4.39 Å². The first kappa shape index (κ1) is 12.6. The average Bonchev–Trinajstić information content (AvgIpc) is 2.28. The third-order valence-corrected chi connectivity index (χ3v) is 3.50. The molecule has 0 atom stereocenters. The molecule has 0 aliphatic carbocycles. The molecule has 0 radical (unpaired) electrons. The fourth-order valence-electron chi connectivity index (χ4n) is 1.59. The van der Waals surface area contributed by atoms with Crippen LogP contribution >= 0.6 is 11.8 Å². The Hall–Kier alpha value is -1.81. The summed E-state index contributed by atoms with van der Waals surface area (Å²) in [7, 11) is 0. The number of hydrogen-bond acceptors (Lipinski definition) is 2. The van der Waals surface area contributed by atoms with Gasteiger partial charge >= 0.3 is 0 Å². The topological polar surface area (TPSA) is 49.9 Å². The molecule has 92 valence electrons. The van der Waals surface area contributed by atoms with Crippen LogP contribution in [0.15, 0.2) is 52.3 Å². The van der Waals surface area contributed by atoms with Gasteiger partial charge in [-0.3, -0.25) is 5.41 Å². The van der Waals surface area contributed by atoms with E-state index < -0.39 is 0 Å². The molecule has 2 aromatic rings. The van der Waals surface area contributed by atoms with E-state index in [0.717, 1.165) is 15.4 Å².